The van der Waals surface area contributed by atoms with Crippen molar-refractivity contribution in [2.75, 3.05) is 27.2 Å². The van der Waals surface area contributed by atoms with E-state index in [9.17, 15) is 12.8 Å². The van der Waals surface area contributed by atoms with Gasteiger partial charge in [-0.1, -0.05) is 0 Å². The van der Waals surface area contributed by atoms with Gasteiger partial charge in [-0.25, -0.2) is 12.8 Å². The number of piperidine rings is 1. The first-order valence-electron chi connectivity index (χ1n) is 6.49. The van der Waals surface area contributed by atoms with Gasteiger partial charge in [0.05, 0.1) is 12.0 Å². The quantitative estimate of drug-likeness (QED) is 0.908. The normalized spacial score (nSPS) is 20.1. The summed E-state index contributed by atoms with van der Waals surface area (Å²) in [5, 5.41) is 3.17. The molecule has 1 unspecified atom stereocenters. The molecule has 0 radical (unpaired) electrons. The van der Waals surface area contributed by atoms with Crippen molar-refractivity contribution in [3.8, 4) is 5.75 Å². The maximum atomic E-state index is 13.7. The number of hydrogen-bond donors (Lipinski definition) is 1. The summed E-state index contributed by atoms with van der Waals surface area (Å²) in [7, 11) is -0.812. The van der Waals surface area contributed by atoms with Gasteiger partial charge in [-0.05, 0) is 37.6 Å². The van der Waals surface area contributed by atoms with Crippen molar-refractivity contribution < 1.29 is 17.5 Å². The van der Waals surface area contributed by atoms with Gasteiger partial charge < -0.3 is 10.1 Å². The van der Waals surface area contributed by atoms with Crippen LogP contribution in [0, 0.1) is 5.82 Å². The smallest absolute Gasteiger partial charge is 0.243 e. The van der Waals surface area contributed by atoms with E-state index in [2.05, 4.69) is 5.32 Å². The molecule has 5 nitrogen and oxygen atoms in total. The van der Waals surface area contributed by atoms with E-state index in [0.717, 1.165) is 25.5 Å². The summed E-state index contributed by atoms with van der Waals surface area (Å²) >= 11 is 0. The molecule has 0 aromatic heterocycles. The number of rotatable bonds is 4. The maximum absolute atomic E-state index is 13.7. The second-order valence-corrected chi connectivity index (χ2v) is 6.82. The van der Waals surface area contributed by atoms with Crippen molar-refractivity contribution in [2.45, 2.75) is 23.8 Å². The topological polar surface area (TPSA) is 58.6 Å². The number of ether oxygens (including phenoxy) is 1. The summed E-state index contributed by atoms with van der Waals surface area (Å²) in [4.78, 5) is -0.0520. The van der Waals surface area contributed by atoms with Gasteiger partial charge in [0.25, 0.3) is 0 Å². The Morgan fingerprint density at radius 3 is 2.75 bits per heavy atom. The first-order chi connectivity index (χ1) is 9.46. The predicted octanol–water partition coefficient (Wildman–Crippen LogP) is 1.21. The summed E-state index contributed by atoms with van der Waals surface area (Å²) in [6.45, 7) is 1.52. The number of sulfonamides is 1. The van der Waals surface area contributed by atoms with Crippen LogP contribution in [0.3, 0.4) is 0 Å². The van der Waals surface area contributed by atoms with Gasteiger partial charge in [0.1, 0.15) is 0 Å². The van der Waals surface area contributed by atoms with Crippen LogP contribution in [0.4, 0.5) is 4.39 Å². The predicted molar refractivity (Wildman–Crippen MR) is 73.8 cm³/mol. The molecule has 1 aromatic rings. The molecule has 0 spiro atoms. The van der Waals surface area contributed by atoms with Gasteiger partial charge in [-0.3, -0.25) is 0 Å². The molecule has 1 N–H and O–H groups in total. The van der Waals surface area contributed by atoms with Crippen molar-refractivity contribution in [2.24, 2.45) is 0 Å². The molecule has 0 bridgehead atoms. The number of likely N-dealkylation sites (N-methyl/N-ethyl adjacent to an activating group) is 1. The highest BCUT2D eigenvalue weighted by molar-refractivity contribution is 7.89. The molecule has 0 aliphatic carbocycles. The average Bonchev–Trinajstić information content (AvgIpc) is 2.47. The molecule has 7 heteroatoms. The lowest BCUT2D eigenvalue weighted by Crippen LogP contribution is -2.46. The number of nitrogens with one attached hydrogen (secondary N) is 1. The third kappa shape index (κ3) is 2.94. The summed E-state index contributed by atoms with van der Waals surface area (Å²) in [6, 6.07) is 3.60. The van der Waals surface area contributed by atoms with E-state index in [1.807, 2.05) is 0 Å². The Labute approximate surface area is 118 Å². The van der Waals surface area contributed by atoms with Gasteiger partial charge >= 0.3 is 0 Å². The van der Waals surface area contributed by atoms with E-state index in [1.54, 1.807) is 0 Å². The molecule has 1 saturated heterocycles. The summed E-state index contributed by atoms with van der Waals surface area (Å²) in [5.41, 5.74) is 0. The first kappa shape index (κ1) is 15.2. The second-order valence-electron chi connectivity index (χ2n) is 4.82. The van der Waals surface area contributed by atoms with Crippen LogP contribution in [0.1, 0.15) is 12.8 Å². The van der Waals surface area contributed by atoms with Crippen molar-refractivity contribution in [3.63, 3.8) is 0 Å². The first-order valence-corrected chi connectivity index (χ1v) is 7.93. The molecule has 2 rings (SSSR count). The third-order valence-electron chi connectivity index (χ3n) is 3.59. The molecule has 1 aliphatic rings. The Balaban J connectivity index is 2.27. The Bertz CT molecular complexity index is 571. The lowest BCUT2D eigenvalue weighted by atomic mass is 10.1. The Kier molecular flexibility index (Phi) is 4.62. The zero-order chi connectivity index (χ0) is 14.8. The molecular formula is C13H19FN2O3S. The van der Waals surface area contributed by atoms with Crippen molar-refractivity contribution >= 4 is 10.0 Å². The number of halogens is 1. The minimum Gasteiger partial charge on any atom is -0.494 e. The fraction of sp³-hybridized carbons (Fsp3) is 0.538. The Hall–Kier alpha value is -1.18. The Morgan fingerprint density at radius 2 is 2.20 bits per heavy atom. The van der Waals surface area contributed by atoms with E-state index >= 15 is 0 Å². The number of methoxy groups -OCH3 is 1. The van der Waals surface area contributed by atoms with E-state index in [-0.39, 0.29) is 16.7 Å². The molecule has 1 aliphatic heterocycles. The summed E-state index contributed by atoms with van der Waals surface area (Å²) in [5.74, 6) is -0.644. The van der Waals surface area contributed by atoms with Crippen molar-refractivity contribution in [1.82, 2.24) is 9.62 Å². The monoisotopic (exact) mass is 302 g/mol. The van der Waals surface area contributed by atoms with Crippen LogP contribution in [0.15, 0.2) is 23.1 Å². The molecule has 0 amide bonds. The fourth-order valence-electron chi connectivity index (χ4n) is 2.31. The largest absolute Gasteiger partial charge is 0.494 e. The molecule has 20 heavy (non-hydrogen) atoms. The molecule has 112 valence electrons. The maximum Gasteiger partial charge on any atom is 0.243 e. The molecule has 1 aromatic carbocycles. The zero-order valence-electron chi connectivity index (χ0n) is 11.6. The molecule has 1 fully saturated rings. The number of benzene rings is 1. The van der Waals surface area contributed by atoms with E-state index in [1.165, 1.54) is 30.6 Å². The van der Waals surface area contributed by atoms with Crippen LogP contribution in [-0.4, -0.2) is 46.0 Å². The second kappa shape index (κ2) is 6.07. The van der Waals surface area contributed by atoms with Crippen molar-refractivity contribution in [3.05, 3.63) is 24.0 Å². The van der Waals surface area contributed by atoms with Gasteiger partial charge in [-0.2, -0.15) is 4.31 Å². The molecule has 1 atom stereocenters. The van der Waals surface area contributed by atoms with Gasteiger partial charge in [-0.15, -0.1) is 0 Å². The van der Waals surface area contributed by atoms with Crippen LogP contribution in [0.2, 0.25) is 0 Å². The van der Waals surface area contributed by atoms with E-state index in [4.69, 9.17) is 4.74 Å². The minimum atomic E-state index is -3.69. The SMILES string of the molecule is COc1ccc(S(=O)(=O)N(C)C2CCCNC2)cc1F. The lowest BCUT2D eigenvalue weighted by molar-refractivity contribution is 0.300. The minimum absolute atomic E-state index is 0.0333. The highest BCUT2D eigenvalue weighted by atomic mass is 32.2. The third-order valence-corrected chi connectivity index (χ3v) is 5.49. The van der Waals surface area contributed by atoms with Crippen LogP contribution in [-0.2, 0) is 10.0 Å². The van der Waals surface area contributed by atoms with Gasteiger partial charge in [0.15, 0.2) is 11.6 Å². The fourth-order valence-corrected chi connectivity index (χ4v) is 3.71. The molecule has 1 heterocycles. The van der Waals surface area contributed by atoms with Gasteiger partial charge in [0, 0.05) is 19.6 Å². The van der Waals surface area contributed by atoms with Crippen LogP contribution in [0.25, 0.3) is 0 Å². The van der Waals surface area contributed by atoms with Crippen LogP contribution in [0.5, 0.6) is 5.75 Å². The van der Waals surface area contributed by atoms with Crippen LogP contribution >= 0.6 is 0 Å². The molecule has 0 saturated carbocycles. The lowest BCUT2D eigenvalue weighted by Gasteiger charge is -2.30. The van der Waals surface area contributed by atoms with E-state index < -0.39 is 15.8 Å². The summed E-state index contributed by atoms with van der Waals surface area (Å²) in [6.07, 6.45) is 1.74. The van der Waals surface area contributed by atoms with Crippen molar-refractivity contribution in [1.29, 1.82) is 0 Å². The Morgan fingerprint density at radius 1 is 1.45 bits per heavy atom. The number of nitrogens with zero attached hydrogens (tertiary/aromatic N) is 1. The highest BCUT2D eigenvalue weighted by Crippen LogP contribution is 2.24. The van der Waals surface area contributed by atoms with Gasteiger partial charge in [0.2, 0.25) is 10.0 Å². The average molecular weight is 302 g/mol. The molecular weight excluding hydrogens is 283 g/mol. The highest BCUT2D eigenvalue weighted by Gasteiger charge is 2.29. The standard InChI is InChI=1S/C13H19FN2O3S/c1-16(10-4-3-7-15-9-10)20(17,18)11-5-6-13(19-2)12(14)8-11/h5-6,8,10,15H,3-4,7,9H2,1-2H3. The summed E-state index contributed by atoms with van der Waals surface area (Å²) < 4.78 is 44.7. The number of hydrogen-bond acceptors (Lipinski definition) is 4. The van der Waals surface area contributed by atoms with Crippen LogP contribution < -0.4 is 10.1 Å². The zero-order valence-corrected chi connectivity index (χ0v) is 12.4. The van der Waals surface area contributed by atoms with E-state index in [0.29, 0.717) is 6.54 Å².